The largest absolute Gasteiger partial charge is 0.396 e. The number of aliphatic hydroxyl groups excluding tert-OH is 1. The molecule has 112 valence electrons. The van der Waals surface area contributed by atoms with Gasteiger partial charge in [-0.2, -0.15) is 0 Å². The summed E-state index contributed by atoms with van der Waals surface area (Å²) in [6.45, 7) is 2.16. The predicted octanol–water partition coefficient (Wildman–Crippen LogP) is 1.77. The lowest BCUT2D eigenvalue weighted by Gasteiger charge is -2.30. The number of pyridine rings is 1. The van der Waals surface area contributed by atoms with E-state index >= 15 is 0 Å². The molecule has 2 aromatic rings. The second-order valence-corrected chi connectivity index (χ2v) is 6.21. The predicted molar refractivity (Wildman–Crippen MR) is 80.8 cm³/mol. The second kappa shape index (κ2) is 5.48. The Morgan fingerprint density at radius 1 is 1.62 bits per heavy atom. The number of amides is 1. The molecule has 0 bridgehead atoms. The Morgan fingerprint density at radius 3 is 3.29 bits per heavy atom. The summed E-state index contributed by atoms with van der Waals surface area (Å²) < 4.78 is 0. The summed E-state index contributed by atoms with van der Waals surface area (Å²) in [6, 6.07) is 3.91. The van der Waals surface area contributed by atoms with Gasteiger partial charge in [0.05, 0.1) is 13.0 Å². The summed E-state index contributed by atoms with van der Waals surface area (Å²) in [6.07, 6.45) is 6.87. The summed E-state index contributed by atoms with van der Waals surface area (Å²) in [5.41, 5.74) is 1.58. The van der Waals surface area contributed by atoms with Crippen LogP contribution in [0, 0.1) is 5.41 Å². The SMILES string of the molecule is CC1(CO)CCCC1NC(=O)Cc1c[nH]c2ncccc12. The van der Waals surface area contributed by atoms with Crippen LogP contribution in [0.4, 0.5) is 0 Å². The standard InChI is InChI=1S/C16H21N3O2/c1-16(10-20)6-2-5-13(16)19-14(21)8-11-9-18-15-12(11)4-3-7-17-15/h3-4,7,9,13,20H,2,5-6,8,10H2,1H3,(H,17,18)(H,19,21). The topological polar surface area (TPSA) is 78.0 Å². The quantitative estimate of drug-likeness (QED) is 0.802. The molecule has 1 aliphatic rings. The molecule has 1 saturated carbocycles. The van der Waals surface area contributed by atoms with Crippen LogP contribution in [0.5, 0.6) is 0 Å². The smallest absolute Gasteiger partial charge is 0.224 e. The molecular formula is C16H21N3O2. The molecule has 2 heterocycles. The number of fused-ring (bicyclic) bond motifs is 1. The van der Waals surface area contributed by atoms with Gasteiger partial charge in [0.1, 0.15) is 5.65 Å². The minimum absolute atomic E-state index is 0.00586. The fourth-order valence-corrected chi connectivity index (χ4v) is 3.25. The monoisotopic (exact) mass is 287 g/mol. The minimum Gasteiger partial charge on any atom is -0.396 e. The van der Waals surface area contributed by atoms with Crippen LogP contribution in [0.1, 0.15) is 31.7 Å². The molecule has 2 aromatic heterocycles. The third kappa shape index (κ3) is 2.65. The van der Waals surface area contributed by atoms with Gasteiger partial charge in [0, 0.05) is 29.2 Å². The molecule has 2 atom stereocenters. The second-order valence-electron chi connectivity index (χ2n) is 6.21. The van der Waals surface area contributed by atoms with E-state index in [1.165, 1.54) is 0 Å². The average Bonchev–Trinajstić information content (AvgIpc) is 3.05. The van der Waals surface area contributed by atoms with E-state index in [0.717, 1.165) is 35.9 Å². The first-order chi connectivity index (χ1) is 10.1. The molecule has 21 heavy (non-hydrogen) atoms. The van der Waals surface area contributed by atoms with Gasteiger partial charge in [-0.05, 0) is 30.5 Å². The Morgan fingerprint density at radius 2 is 2.48 bits per heavy atom. The van der Waals surface area contributed by atoms with Crippen LogP contribution < -0.4 is 5.32 Å². The van der Waals surface area contributed by atoms with Gasteiger partial charge in [-0.3, -0.25) is 4.79 Å². The van der Waals surface area contributed by atoms with E-state index in [9.17, 15) is 9.90 Å². The van der Waals surface area contributed by atoms with Crippen molar-refractivity contribution in [1.29, 1.82) is 0 Å². The molecule has 0 spiro atoms. The number of carbonyl (C=O) groups is 1. The van der Waals surface area contributed by atoms with Gasteiger partial charge in [0.15, 0.2) is 0 Å². The normalized spacial score (nSPS) is 25.3. The van der Waals surface area contributed by atoms with E-state index in [2.05, 4.69) is 15.3 Å². The first-order valence-electron chi connectivity index (χ1n) is 7.43. The molecular weight excluding hydrogens is 266 g/mol. The van der Waals surface area contributed by atoms with Gasteiger partial charge in [-0.15, -0.1) is 0 Å². The highest BCUT2D eigenvalue weighted by Gasteiger charge is 2.38. The third-order valence-electron chi connectivity index (χ3n) is 4.67. The van der Waals surface area contributed by atoms with E-state index in [0.29, 0.717) is 6.42 Å². The van der Waals surface area contributed by atoms with Crippen LogP contribution in [0.25, 0.3) is 11.0 Å². The molecule has 0 saturated heterocycles. The van der Waals surface area contributed by atoms with Gasteiger partial charge in [0.2, 0.25) is 5.91 Å². The molecule has 1 fully saturated rings. The zero-order valence-electron chi connectivity index (χ0n) is 12.2. The number of nitrogens with one attached hydrogen (secondary N) is 2. The Kier molecular flexibility index (Phi) is 3.68. The lowest BCUT2D eigenvalue weighted by atomic mass is 9.85. The average molecular weight is 287 g/mol. The van der Waals surface area contributed by atoms with E-state index in [1.807, 2.05) is 25.3 Å². The number of hydrogen-bond acceptors (Lipinski definition) is 3. The molecule has 5 nitrogen and oxygen atoms in total. The summed E-state index contributed by atoms with van der Waals surface area (Å²) in [5.74, 6) is 0.00586. The molecule has 0 radical (unpaired) electrons. The highest BCUT2D eigenvalue weighted by Crippen LogP contribution is 2.37. The lowest BCUT2D eigenvalue weighted by Crippen LogP contribution is -2.45. The number of H-pyrrole nitrogens is 1. The molecule has 5 heteroatoms. The molecule has 0 aliphatic heterocycles. The zero-order valence-corrected chi connectivity index (χ0v) is 12.2. The van der Waals surface area contributed by atoms with Crippen molar-refractivity contribution in [3.63, 3.8) is 0 Å². The van der Waals surface area contributed by atoms with E-state index in [4.69, 9.17) is 0 Å². The Labute approximate surface area is 123 Å². The zero-order chi connectivity index (χ0) is 14.9. The van der Waals surface area contributed by atoms with Crippen molar-refractivity contribution in [2.75, 3.05) is 6.61 Å². The van der Waals surface area contributed by atoms with Crippen molar-refractivity contribution in [3.8, 4) is 0 Å². The van der Waals surface area contributed by atoms with E-state index in [-0.39, 0.29) is 24.0 Å². The number of hydrogen-bond donors (Lipinski definition) is 3. The Balaban J connectivity index is 1.69. The Hall–Kier alpha value is -1.88. The van der Waals surface area contributed by atoms with Crippen molar-refractivity contribution in [1.82, 2.24) is 15.3 Å². The molecule has 0 aromatic carbocycles. The van der Waals surface area contributed by atoms with Crippen LogP contribution in [0.15, 0.2) is 24.5 Å². The maximum absolute atomic E-state index is 12.3. The summed E-state index contributed by atoms with van der Waals surface area (Å²) >= 11 is 0. The van der Waals surface area contributed by atoms with Crippen LogP contribution in [0.3, 0.4) is 0 Å². The maximum atomic E-state index is 12.3. The number of aliphatic hydroxyl groups is 1. The lowest BCUT2D eigenvalue weighted by molar-refractivity contribution is -0.122. The van der Waals surface area contributed by atoms with E-state index in [1.54, 1.807) is 6.20 Å². The van der Waals surface area contributed by atoms with Crippen LogP contribution in [0.2, 0.25) is 0 Å². The van der Waals surface area contributed by atoms with Crippen molar-refractivity contribution < 1.29 is 9.90 Å². The van der Waals surface area contributed by atoms with Crippen molar-refractivity contribution >= 4 is 16.9 Å². The summed E-state index contributed by atoms with van der Waals surface area (Å²) in [5, 5.41) is 13.6. The van der Waals surface area contributed by atoms with Gasteiger partial charge >= 0.3 is 0 Å². The molecule has 2 unspecified atom stereocenters. The van der Waals surface area contributed by atoms with Crippen molar-refractivity contribution in [2.24, 2.45) is 5.41 Å². The van der Waals surface area contributed by atoms with Gasteiger partial charge < -0.3 is 15.4 Å². The van der Waals surface area contributed by atoms with E-state index < -0.39 is 0 Å². The van der Waals surface area contributed by atoms with Crippen LogP contribution in [-0.2, 0) is 11.2 Å². The fraction of sp³-hybridized carbons (Fsp3) is 0.500. The fourth-order valence-electron chi connectivity index (χ4n) is 3.25. The van der Waals surface area contributed by atoms with Gasteiger partial charge in [-0.1, -0.05) is 13.3 Å². The first kappa shape index (κ1) is 14.1. The third-order valence-corrected chi connectivity index (χ3v) is 4.67. The van der Waals surface area contributed by atoms with Crippen LogP contribution in [-0.4, -0.2) is 33.6 Å². The highest BCUT2D eigenvalue weighted by atomic mass is 16.3. The highest BCUT2D eigenvalue weighted by molar-refractivity contribution is 5.87. The molecule has 1 amide bonds. The number of carbonyl (C=O) groups excluding carboxylic acids is 1. The number of rotatable bonds is 4. The van der Waals surface area contributed by atoms with Crippen molar-refractivity contribution in [3.05, 3.63) is 30.1 Å². The minimum atomic E-state index is -0.183. The number of nitrogens with zero attached hydrogens (tertiary/aromatic N) is 1. The molecule has 1 aliphatic carbocycles. The van der Waals surface area contributed by atoms with Gasteiger partial charge in [0.25, 0.3) is 0 Å². The number of aromatic amines is 1. The maximum Gasteiger partial charge on any atom is 0.224 e. The summed E-state index contributed by atoms with van der Waals surface area (Å²) in [4.78, 5) is 19.6. The number of aromatic nitrogens is 2. The summed E-state index contributed by atoms with van der Waals surface area (Å²) in [7, 11) is 0. The Bertz CT molecular complexity index is 652. The molecule has 3 rings (SSSR count). The van der Waals surface area contributed by atoms with Crippen LogP contribution >= 0.6 is 0 Å². The van der Waals surface area contributed by atoms with Gasteiger partial charge in [-0.25, -0.2) is 4.98 Å². The first-order valence-corrected chi connectivity index (χ1v) is 7.43. The van der Waals surface area contributed by atoms with Crippen molar-refractivity contribution in [2.45, 2.75) is 38.6 Å². The molecule has 3 N–H and O–H groups in total.